The Morgan fingerprint density at radius 2 is 1.79 bits per heavy atom. The molecule has 19 heavy (non-hydrogen) atoms. The van der Waals surface area contributed by atoms with Crippen LogP contribution in [0, 0.1) is 18.3 Å². The predicted molar refractivity (Wildman–Crippen MR) is 80.1 cm³/mol. The second kappa shape index (κ2) is 5.90. The lowest BCUT2D eigenvalue weighted by molar-refractivity contribution is 0.109. The summed E-state index contributed by atoms with van der Waals surface area (Å²) in [4.78, 5) is 0. The van der Waals surface area contributed by atoms with E-state index in [2.05, 4.69) is 65.8 Å². The van der Waals surface area contributed by atoms with Gasteiger partial charge in [0.25, 0.3) is 0 Å². The molecule has 0 aliphatic carbocycles. The first-order valence-corrected chi connectivity index (χ1v) is 7.48. The van der Waals surface area contributed by atoms with Gasteiger partial charge in [-0.1, -0.05) is 44.5 Å². The van der Waals surface area contributed by atoms with Crippen molar-refractivity contribution in [3.63, 3.8) is 0 Å². The third kappa shape index (κ3) is 5.18. The Morgan fingerprint density at radius 1 is 1.16 bits per heavy atom. The molecule has 0 aromatic heterocycles. The maximum absolute atomic E-state index is 8.83. The lowest BCUT2D eigenvalue weighted by Gasteiger charge is -2.30. The molecule has 0 N–H and O–H groups in total. The minimum absolute atomic E-state index is 0.177. The first-order chi connectivity index (χ1) is 8.64. The third-order valence-electron chi connectivity index (χ3n) is 2.73. The SMILES string of the molecule is Cc1cc(CC#N)cc(C(C)(C)O[Si]C(C)(C)C)c1. The monoisotopic (exact) mass is 273 g/mol. The molecule has 0 heterocycles. The average molecular weight is 273 g/mol. The lowest BCUT2D eigenvalue weighted by Crippen LogP contribution is -2.27. The smallest absolute Gasteiger partial charge is 0.236 e. The summed E-state index contributed by atoms with van der Waals surface area (Å²) < 4.78 is 6.11. The van der Waals surface area contributed by atoms with Gasteiger partial charge in [-0.3, -0.25) is 0 Å². The highest BCUT2D eigenvalue weighted by atomic mass is 28.2. The molecule has 2 radical (unpaired) electrons. The summed E-state index contributed by atoms with van der Waals surface area (Å²) in [6, 6.07) is 8.50. The van der Waals surface area contributed by atoms with Crippen molar-refractivity contribution in [2.45, 2.75) is 58.6 Å². The Kier molecular flexibility index (Phi) is 4.95. The summed E-state index contributed by atoms with van der Waals surface area (Å²) in [6.45, 7) is 12.8. The molecule has 1 aromatic rings. The summed E-state index contributed by atoms with van der Waals surface area (Å²) in [5.74, 6) is 0. The minimum Gasteiger partial charge on any atom is -0.408 e. The first-order valence-electron chi connectivity index (χ1n) is 6.57. The van der Waals surface area contributed by atoms with Gasteiger partial charge in [0.1, 0.15) is 0 Å². The Hall–Kier alpha value is -1.11. The number of benzene rings is 1. The average Bonchev–Trinajstić information content (AvgIpc) is 2.25. The van der Waals surface area contributed by atoms with Gasteiger partial charge in [-0.2, -0.15) is 5.26 Å². The summed E-state index contributed by atoms with van der Waals surface area (Å²) in [6.07, 6.45) is 0.451. The molecular formula is C16H23NOSi. The zero-order valence-corrected chi connectivity index (χ0v) is 13.8. The van der Waals surface area contributed by atoms with Gasteiger partial charge < -0.3 is 4.43 Å². The zero-order valence-electron chi connectivity index (χ0n) is 12.8. The molecule has 0 saturated carbocycles. The van der Waals surface area contributed by atoms with Crippen LogP contribution in [0.3, 0.4) is 0 Å². The van der Waals surface area contributed by atoms with Crippen LogP contribution in [0.4, 0.5) is 0 Å². The molecule has 0 spiro atoms. The van der Waals surface area contributed by atoms with E-state index in [-0.39, 0.29) is 10.6 Å². The highest BCUT2D eigenvalue weighted by Gasteiger charge is 2.25. The highest BCUT2D eigenvalue weighted by molar-refractivity contribution is 6.31. The van der Waals surface area contributed by atoms with E-state index in [0.29, 0.717) is 16.2 Å². The molecule has 1 rings (SSSR count). The molecule has 0 saturated heterocycles. The van der Waals surface area contributed by atoms with Gasteiger partial charge in [0.15, 0.2) is 0 Å². The molecule has 0 bridgehead atoms. The Morgan fingerprint density at radius 3 is 2.32 bits per heavy atom. The van der Waals surface area contributed by atoms with Gasteiger partial charge in [0, 0.05) is 0 Å². The lowest BCUT2D eigenvalue weighted by atomic mass is 9.94. The van der Waals surface area contributed by atoms with E-state index in [1.165, 1.54) is 5.56 Å². The summed E-state index contributed by atoms with van der Waals surface area (Å²) >= 11 is 0. The van der Waals surface area contributed by atoms with Gasteiger partial charge in [0.2, 0.25) is 9.76 Å². The van der Waals surface area contributed by atoms with Crippen molar-refractivity contribution >= 4 is 9.76 Å². The minimum atomic E-state index is -0.318. The molecule has 0 unspecified atom stereocenters. The van der Waals surface area contributed by atoms with Crippen LogP contribution in [0.15, 0.2) is 18.2 Å². The molecular weight excluding hydrogens is 250 g/mol. The van der Waals surface area contributed by atoms with Crippen LogP contribution in [0.5, 0.6) is 0 Å². The number of aryl methyl sites for hydroxylation is 1. The van der Waals surface area contributed by atoms with Crippen LogP contribution in [0.25, 0.3) is 0 Å². The number of nitriles is 1. The van der Waals surface area contributed by atoms with Crippen LogP contribution in [0.1, 0.15) is 51.3 Å². The van der Waals surface area contributed by atoms with Crippen LogP contribution < -0.4 is 0 Å². The van der Waals surface area contributed by atoms with Crippen molar-refractivity contribution in [1.82, 2.24) is 0 Å². The molecule has 0 aliphatic heterocycles. The normalized spacial score (nSPS) is 12.3. The van der Waals surface area contributed by atoms with Crippen LogP contribution in [-0.2, 0) is 16.4 Å². The van der Waals surface area contributed by atoms with Crippen molar-refractivity contribution in [2.75, 3.05) is 0 Å². The molecule has 2 nitrogen and oxygen atoms in total. The molecule has 1 aromatic carbocycles. The molecule has 102 valence electrons. The van der Waals surface area contributed by atoms with Crippen molar-refractivity contribution < 1.29 is 4.43 Å². The standard InChI is InChI=1S/C16H23NOSi/c1-12-9-13(7-8-17)11-14(10-12)16(5,6)18-19-15(2,3)4/h9-11H,7H2,1-6H3. The molecule has 0 amide bonds. The summed E-state index contributed by atoms with van der Waals surface area (Å²) in [7, 11) is 0.448. The number of hydrogen-bond donors (Lipinski definition) is 0. The van der Waals surface area contributed by atoms with Gasteiger partial charge in [-0.05, 0) is 36.9 Å². The van der Waals surface area contributed by atoms with E-state index < -0.39 is 0 Å². The topological polar surface area (TPSA) is 33.0 Å². The molecule has 0 atom stereocenters. The fourth-order valence-electron chi connectivity index (χ4n) is 1.74. The van der Waals surface area contributed by atoms with Gasteiger partial charge in [-0.15, -0.1) is 0 Å². The Labute approximate surface area is 119 Å². The fourth-order valence-corrected chi connectivity index (χ4v) is 2.42. The Bertz CT molecular complexity index is 481. The Balaban J connectivity index is 2.97. The van der Waals surface area contributed by atoms with Crippen molar-refractivity contribution in [1.29, 1.82) is 5.26 Å². The van der Waals surface area contributed by atoms with Crippen LogP contribution in [-0.4, -0.2) is 9.76 Å². The van der Waals surface area contributed by atoms with Crippen molar-refractivity contribution in [3.05, 3.63) is 34.9 Å². The number of hydrogen-bond acceptors (Lipinski definition) is 2. The van der Waals surface area contributed by atoms with E-state index in [1.54, 1.807) is 0 Å². The highest BCUT2D eigenvalue weighted by Crippen LogP contribution is 2.30. The second-order valence-corrected chi connectivity index (χ2v) is 8.41. The van der Waals surface area contributed by atoms with Gasteiger partial charge >= 0.3 is 0 Å². The van der Waals surface area contributed by atoms with Crippen LogP contribution in [0.2, 0.25) is 5.04 Å². The van der Waals surface area contributed by atoms with Crippen molar-refractivity contribution in [3.8, 4) is 6.07 Å². The predicted octanol–water partition coefficient (Wildman–Crippen LogP) is 4.15. The number of nitrogens with zero attached hydrogens (tertiary/aromatic N) is 1. The zero-order chi connectivity index (χ0) is 14.7. The summed E-state index contributed by atoms with van der Waals surface area (Å²) in [5, 5.41) is 9.01. The fraction of sp³-hybridized carbons (Fsp3) is 0.562. The van der Waals surface area contributed by atoms with E-state index in [4.69, 9.17) is 9.69 Å². The molecule has 0 fully saturated rings. The molecule has 3 heteroatoms. The third-order valence-corrected chi connectivity index (χ3v) is 3.95. The van der Waals surface area contributed by atoms with Crippen molar-refractivity contribution in [2.24, 2.45) is 0 Å². The quantitative estimate of drug-likeness (QED) is 0.772. The maximum atomic E-state index is 8.83. The van der Waals surface area contributed by atoms with Crippen LogP contribution >= 0.6 is 0 Å². The van der Waals surface area contributed by atoms with E-state index in [1.807, 2.05) is 0 Å². The largest absolute Gasteiger partial charge is 0.408 e. The van der Waals surface area contributed by atoms with Gasteiger partial charge in [-0.25, -0.2) is 0 Å². The van der Waals surface area contributed by atoms with E-state index in [9.17, 15) is 0 Å². The van der Waals surface area contributed by atoms with E-state index >= 15 is 0 Å². The maximum Gasteiger partial charge on any atom is 0.236 e. The van der Waals surface area contributed by atoms with Gasteiger partial charge in [0.05, 0.1) is 18.1 Å². The van der Waals surface area contributed by atoms with E-state index in [0.717, 1.165) is 11.1 Å². The second-order valence-electron chi connectivity index (χ2n) is 6.51. The summed E-state index contributed by atoms with van der Waals surface area (Å²) in [5.41, 5.74) is 3.07. The first kappa shape index (κ1) is 15.9. The molecule has 0 aliphatic rings. The number of rotatable bonds is 4.